The number of hydrogen-bond donors (Lipinski definition) is 0. The van der Waals surface area contributed by atoms with Gasteiger partial charge in [0.25, 0.3) is 0 Å². The minimum atomic E-state index is 0.177. The Morgan fingerprint density at radius 1 is 1.09 bits per heavy atom. The van der Waals surface area contributed by atoms with E-state index in [2.05, 4.69) is 42.5 Å². The van der Waals surface area contributed by atoms with Gasteiger partial charge in [0.15, 0.2) is 0 Å². The number of carbonyl (C=O) groups excluding carboxylic acids is 1. The molecular formula is C20H23NO. The molecule has 2 aliphatic carbocycles. The summed E-state index contributed by atoms with van der Waals surface area (Å²) in [7, 11) is 3.76. The monoisotopic (exact) mass is 293 g/mol. The number of amides is 1. The molecule has 2 heteroatoms. The fourth-order valence-corrected chi connectivity index (χ4v) is 4.64. The molecule has 2 atom stereocenters. The molecule has 0 aromatic heterocycles. The highest BCUT2D eigenvalue weighted by Crippen LogP contribution is 2.67. The van der Waals surface area contributed by atoms with E-state index in [4.69, 9.17) is 0 Å². The first-order valence-corrected chi connectivity index (χ1v) is 8.31. The molecule has 2 aliphatic rings. The zero-order chi connectivity index (χ0) is 15.3. The van der Waals surface area contributed by atoms with Gasteiger partial charge in [-0.05, 0) is 41.0 Å². The normalized spacial score (nSPS) is 25.5. The van der Waals surface area contributed by atoms with Crippen molar-refractivity contribution in [2.24, 2.45) is 11.3 Å². The van der Waals surface area contributed by atoms with E-state index in [0.717, 1.165) is 6.42 Å². The van der Waals surface area contributed by atoms with Gasteiger partial charge in [0.05, 0.1) is 0 Å². The molecule has 2 aromatic carbocycles. The van der Waals surface area contributed by atoms with Crippen LogP contribution >= 0.6 is 0 Å². The van der Waals surface area contributed by atoms with Gasteiger partial charge >= 0.3 is 0 Å². The van der Waals surface area contributed by atoms with Crippen LogP contribution in [0, 0.1) is 11.3 Å². The third kappa shape index (κ3) is 1.89. The molecule has 2 saturated carbocycles. The summed E-state index contributed by atoms with van der Waals surface area (Å²) < 4.78 is 0. The zero-order valence-electron chi connectivity index (χ0n) is 13.4. The van der Waals surface area contributed by atoms with Gasteiger partial charge in [0.2, 0.25) is 5.91 Å². The van der Waals surface area contributed by atoms with Crippen LogP contribution in [-0.2, 0) is 4.79 Å². The highest BCUT2D eigenvalue weighted by atomic mass is 16.2. The van der Waals surface area contributed by atoms with Crippen LogP contribution < -0.4 is 0 Å². The van der Waals surface area contributed by atoms with Crippen LogP contribution in [0.2, 0.25) is 0 Å². The van der Waals surface area contributed by atoms with Crippen molar-refractivity contribution >= 4 is 16.7 Å². The molecule has 1 spiro atoms. The topological polar surface area (TPSA) is 20.3 Å². The number of benzene rings is 2. The Morgan fingerprint density at radius 3 is 2.45 bits per heavy atom. The third-order valence-electron chi connectivity index (χ3n) is 5.93. The van der Waals surface area contributed by atoms with Crippen LogP contribution in [-0.4, -0.2) is 24.9 Å². The predicted octanol–water partition coefficient (Wildman–Crippen LogP) is 4.20. The largest absolute Gasteiger partial charge is 0.349 e. The Bertz CT molecular complexity index is 729. The van der Waals surface area contributed by atoms with E-state index in [-0.39, 0.29) is 5.92 Å². The molecule has 0 N–H and O–H groups in total. The molecular weight excluding hydrogens is 270 g/mol. The minimum absolute atomic E-state index is 0.177. The summed E-state index contributed by atoms with van der Waals surface area (Å²) >= 11 is 0. The highest BCUT2D eigenvalue weighted by molar-refractivity contribution is 5.85. The van der Waals surface area contributed by atoms with E-state index in [1.165, 1.54) is 35.6 Å². The number of nitrogens with zero attached hydrogens (tertiary/aromatic N) is 1. The second-order valence-corrected chi connectivity index (χ2v) is 7.34. The van der Waals surface area contributed by atoms with Crippen molar-refractivity contribution in [3.8, 4) is 0 Å². The molecule has 1 amide bonds. The van der Waals surface area contributed by atoms with E-state index < -0.39 is 0 Å². The molecule has 2 nitrogen and oxygen atoms in total. The van der Waals surface area contributed by atoms with Gasteiger partial charge in [0.1, 0.15) is 0 Å². The van der Waals surface area contributed by atoms with Gasteiger partial charge in [-0.3, -0.25) is 4.79 Å². The molecule has 2 unspecified atom stereocenters. The maximum atomic E-state index is 12.5. The first-order chi connectivity index (χ1) is 10.6. The van der Waals surface area contributed by atoms with Gasteiger partial charge in [-0.15, -0.1) is 0 Å². The number of hydrogen-bond acceptors (Lipinski definition) is 1. The zero-order valence-corrected chi connectivity index (χ0v) is 13.4. The molecule has 2 aromatic rings. The molecule has 4 rings (SSSR count). The van der Waals surface area contributed by atoms with E-state index >= 15 is 0 Å². The number of carbonyl (C=O) groups is 1. The van der Waals surface area contributed by atoms with E-state index in [1.54, 1.807) is 4.90 Å². The molecule has 0 aliphatic heterocycles. The van der Waals surface area contributed by atoms with Gasteiger partial charge in [-0.25, -0.2) is 0 Å². The predicted molar refractivity (Wildman–Crippen MR) is 89.8 cm³/mol. The average Bonchev–Trinajstić information content (AvgIpc) is 2.44. The van der Waals surface area contributed by atoms with Crippen LogP contribution in [0.25, 0.3) is 10.8 Å². The van der Waals surface area contributed by atoms with Crippen LogP contribution in [0.15, 0.2) is 42.5 Å². The average molecular weight is 293 g/mol. The maximum Gasteiger partial charge on any atom is 0.225 e. The smallest absolute Gasteiger partial charge is 0.225 e. The summed E-state index contributed by atoms with van der Waals surface area (Å²) in [4.78, 5) is 14.3. The minimum Gasteiger partial charge on any atom is -0.349 e. The summed E-state index contributed by atoms with van der Waals surface area (Å²) in [5.74, 6) is 0.896. The molecule has 22 heavy (non-hydrogen) atoms. The lowest BCUT2D eigenvalue weighted by Gasteiger charge is -2.60. The molecule has 0 bridgehead atoms. The Morgan fingerprint density at radius 2 is 1.82 bits per heavy atom. The van der Waals surface area contributed by atoms with E-state index in [9.17, 15) is 4.79 Å². The number of rotatable bonds is 2. The summed E-state index contributed by atoms with van der Waals surface area (Å²) in [6, 6.07) is 15.3. The van der Waals surface area contributed by atoms with Crippen molar-refractivity contribution in [2.75, 3.05) is 14.1 Å². The Balaban J connectivity index is 1.73. The van der Waals surface area contributed by atoms with Crippen LogP contribution in [0.4, 0.5) is 0 Å². The van der Waals surface area contributed by atoms with Gasteiger partial charge in [-0.2, -0.15) is 0 Å². The molecule has 0 radical (unpaired) electrons. The lowest BCUT2D eigenvalue weighted by molar-refractivity contribution is -0.149. The van der Waals surface area contributed by atoms with Gasteiger partial charge < -0.3 is 4.90 Å². The van der Waals surface area contributed by atoms with Crippen LogP contribution in [0.5, 0.6) is 0 Å². The first kappa shape index (κ1) is 13.8. The fraction of sp³-hybridized carbons (Fsp3) is 0.450. The van der Waals surface area contributed by atoms with Gasteiger partial charge in [-0.1, -0.05) is 48.9 Å². The summed E-state index contributed by atoms with van der Waals surface area (Å²) in [5, 5.41) is 2.57. The van der Waals surface area contributed by atoms with Crippen LogP contribution in [0.3, 0.4) is 0 Å². The van der Waals surface area contributed by atoms with Crippen molar-refractivity contribution in [3.63, 3.8) is 0 Å². The fourth-order valence-electron chi connectivity index (χ4n) is 4.64. The Hall–Kier alpha value is -1.83. The molecule has 0 saturated heterocycles. The second kappa shape index (κ2) is 4.84. The standard InChI is InChI=1S/C20H23NO/c1-21(2)19(22)17-13-20(10-5-11-20)18(17)16-9-8-14-6-3-4-7-15(14)12-16/h3-4,6-9,12,17-18H,5,10-11,13H2,1-2H3. The lowest BCUT2D eigenvalue weighted by Crippen LogP contribution is -2.55. The van der Waals surface area contributed by atoms with Crippen LogP contribution in [0.1, 0.15) is 37.2 Å². The van der Waals surface area contributed by atoms with Crippen molar-refractivity contribution in [1.82, 2.24) is 4.90 Å². The SMILES string of the molecule is CN(C)C(=O)C1CC2(CCC2)C1c1ccc2ccccc2c1. The molecule has 2 fully saturated rings. The Kier molecular flexibility index (Phi) is 3.04. The number of fused-ring (bicyclic) bond motifs is 1. The first-order valence-electron chi connectivity index (χ1n) is 8.31. The molecule has 114 valence electrons. The summed E-state index contributed by atoms with van der Waals surface area (Å²) in [6.45, 7) is 0. The second-order valence-electron chi connectivity index (χ2n) is 7.34. The molecule has 0 heterocycles. The highest BCUT2D eigenvalue weighted by Gasteiger charge is 2.59. The lowest BCUT2D eigenvalue weighted by atomic mass is 9.43. The quantitative estimate of drug-likeness (QED) is 0.812. The van der Waals surface area contributed by atoms with E-state index in [0.29, 0.717) is 17.2 Å². The summed E-state index contributed by atoms with van der Waals surface area (Å²) in [5.41, 5.74) is 1.78. The summed E-state index contributed by atoms with van der Waals surface area (Å²) in [6.07, 6.45) is 5.00. The third-order valence-corrected chi connectivity index (χ3v) is 5.93. The van der Waals surface area contributed by atoms with Crippen molar-refractivity contribution in [3.05, 3.63) is 48.0 Å². The maximum absolute atomic E-state index is 12.5. The van der Waals surface area contributed by atoms with Gasteiger partial charge in [0, 0.05) is 25.9 Å². The van der Waals surface area contributed by atoms with E-state index in [1.807, 2.05) is 14.1 Å². The van der Waals surface area contributed by atoms with Crippen molar-refractivity contribution in [1.29, 1.82) is 0 Å². The Labute approximate surface area is 132 Å². The van der Waals surface area contributed by atoms with Crippen molar-refractivity contribution in [2.45, 2.75) is 31.6 Å². The van der Waals surface area contributed by atoms with Crippen molar-refractivity contribution < 1.29 is 4.79 Å².